The van der Waals surface area contributed by atoms with Gasteiger partial charge in [0.1, 0.15) is 11.5 Å². The van der Waals surface area contributed by atoms with E-state index in [0.717, 1.165) is 34.1 Å². The molecular formula is C15H18ClNO. The number of furan rings is 1. The van der Waals surface area contributed by atoms with E-state index < -0.39 is 0 Å². The molecule has 2 nitrogen and oxygen atoms in total. The highest BCUT2D eigenvalue weighted by atomic mass is 35.5. The highest BCUT2D eigenvalue weighted by Crippen LogP contribution is 2.27. The molecule has 1 aromatic heterocycles. The third kappa shape index (κ3) is 2.60. The van der Waals surface area contributed by atoms with Crippen LogP contribution in [-0.2, 0) is 6.42 Å². The molecule has 0 saturated heterocycles. The molecule has 1 aromatic carbocycles. The molecule has 0 aliphatic rings. The molecule has 0 radical (unpaired) electrons. The summed E-state index contributed by atoms with van der Waals surface area (Å²) in [6.07, 6.45) is 0.913. The number of aryl methyl sites for hydroxylation is 2. The van der Waals surface area contributed by atoms with Crippen molar-refractivity contribution in [3.05, 3.63) is 58.0 Å². The lowest BCUT2D eigenvalue weighted by Crippen LogP contribution is -2.17. The summed E-state index contributed by atoms with van der Waals surface area (Å²) in [5, 5.41) is 4.08. The Hall–Kier alpha value is -1.25. The molecule has 0 spiro atoms. The zero-order chi connectivity index (χ0) is 13.1. The van der Waals surface area contributed by atoms with Crippen molar-refractivity contribution in [1.29, 1.82) is 0 Å². The summed E-state index contributed by atoms with van der Waals surface area (Å²) >= 11 is 6.06. The smallest absolute Gasteiger partial charge is 0.125 e. The van der Waals surface area contributed by atoms with Gasteiger partial charge in [-0.3, -0.25) is 0 Å². The number of benzene rings is 1. The summed E-state index contributed by atoms with van der Waals surface area (Å²) in [5.41, 5.74) is 2.24. The largest absolute Gasteiger partial charge is 0.464 e. The van der Waals surface area contributed by atoms with Crippen molar-refractivity contribution in [2.75, 3.05) is 7.05 Å². The number of hydrogen-bond acceptors (Lipinski definition) is 2. The van der Waals surface area contributed by atoms with Crippen LogP contribution in [0.5, 0.6) is 0 Å². The van der Waals surface area contributed by atoms with Crippen molar-refractivity contribution in [2.45, 2.75) is 26.3 Å². The Kier molecular flexibility index (Phi) is 4.10. The van der Waals surface area contributed by atoms with E-state index in [4.69, 9.17) is 16.0 Å². The van der Waals surface area contributed by atoms with Crippen LogP contribution in [0.3, 0.4) is 0 Å². The lowest BCUT2D eigenvalue weighted by Gasteiger charge is -2.15. The van der Waals surface area contributed by atoms with Crippen LogP contribution in [0.1, 0.15) is 35.6 Å². The van der Waals surface area contributed by atoms with Crippen LogP contribution in [0.2, 0.25) is 5.02 Å². The van der Waals surface area contributed by atoms with E-state index in [9.17, 15) is 0 Å². The fourth-order valence-corrected chi connectivity index (χ4v) is 2.18. The van der Waals surface area contributed by atoms with Crippen molar-refractivity contribution in [1.82, 2.24) is 5.32 Å². The van der Waals surface area contributed by atoms with Gasteiger partial charge in [0.2, 0.25) is 0 Å². The minimum atomic E-state index is 0.0706. The minimum Gasteiger partial charge on any atom is -0.464 e. The second-order valence-electron chi connectivity index (χ2n) is 4.39. The molecule has 3 heteroatoms. The van der Waals surface area contributed by atoms with Gasteiger partial charge in [-0.1, -0.05) is 30.7 Å². The van der Waals surface area contributed by atoms with Crippen LogP contribution in [0.15, 0.2) is 34.7 Å². The summed E-state index contributed by atoms with van der Waals surface area (Å²) < 4.78 is 5.81. The van der Waals surface area contributed by atoms with E-state index >= 15 is 0 Å². The molecule has 0 aliphatic heterocycles. The average molecular weight is 264 g/mol. The fraction of sp³-hybridized carbons (Fsp3) is 0.333. The second kappa shape index (κ2) is 5.59. The van der Waals surface area contributed by atoms with E-state index in [0.29, 0.717) is 0 Å². The molecule has 0 saturated carbocycles. The van der Waals surface area contributed by atoms with Gasteiger partial charge in [-0.15, -0.1) is 0 Å². The van der Waals surface area contributed by atoms with E-state index in [1.54, 1.807) is 0 Å². The third-order valence-corrected chi connectivity index (χ3v) is 3.54. The monoisotopic (exact) mass is 263 g/mol. The zero-order valence-electron chi connectivity index (χ0n) is 11.0. The molecule has 1 unspecified atom stereocenters. The molecule has 1 atom stereocenters. The van der Waals surface area contributed by atoms with E-state index in [1.807, 2.05) is 38.2 Å². The SMILES string of the molecule is CCc1ccc(C(NC)c2ccc(Cl)c(C)c2)o1. The highest BCUT2D eigenvalue weighted by molar-refractivity contribution is 6.31. The summed E-state index contributed by atoms with van der Waals surface area (Å²) in [4.78, 5) is 0. The maximum absolute atomic E-state index is 6.06. The Morgan fingerprint density at radius 1 is 1.28 bits per heavy atom. The predicted molar refractivity (Wildman–Crippen MR) is 75.2 cm³/mol. The van der Waals surface area contributed by atoms with E-state index in [2.05, 4.69) is 18.3 Å². The first-order valence-electron chi connectivity index (χ1n) is 6.17. The van der Waals surface area contributed by atoms with Crippen molar-refractivity contribution >= 4 is 11.6 Å². The Labute approximate surface area is 113 Å². The summed E-state index contributed by atoms with van der Waals surface area (Å²) in [5.74, 6) is 1.95. The highest BCUT2D eigenvalue weighted by Gasteiger charge is 2.16. The first kappa shape index (κ1) is 13.2. The molecule has 96 valence electrons. The Morgan fingerprint density at radius 2 is 2.06 bits per heavy atom. The van der Waals surface area contributed by atoms with Gasteiger partial charge in [0.05, 0.1) is 6.04 Å². The van der Waals surface area contributed by atoms with Crippen molar-refractivity contribution in [3.63, 3.8) is 0 Å². The molecule has 1 N–H and O–H groups in total. The number of rotatable bonds is 4. The molecule has 0 aliphatic carbocycles. The summed E-state index contributed by atoms with van der Waals surface area (Å²) in [6.45, 7) is 4.10. The van der Waals surface area contributed by atoms with Crippen molar-refractivity contribution < 1.29 is 4.42 Å². The Bertz CT molecular complexity index is 533. The maximum atomic E-state index is 6.06. The lowest BCUT2D eigenvalue weighted by atomic mass is 10.0. The number of halogens is 1. The number of hydrogen-bond donors (Lipinski definition) is 1. The standard InChI is InChI=1S/C15H18ClNO/c1-4-12-6-8-14(18-12)15(17-3)11-5-7-13(16)10(2)9-11/h5-9,15,17H,4H2,1-3H3. The van der Waals surface area contributed by atoms with Crippen LogP contribution in [-0.4, -0.2) is 7.05 Å². The fourth-order valence-electron chi connectivity index (χ4n) is 2.06. The Balaban J connectivity index is 2.35. The zero-order valence-corrected chi connectivity index (χ0v) is 11.7. The molecule has 2 rings (SSSR count). The molecule has 18 heavy (non-hydrogen) atoms. The lowest BCUT2D eigenvalue weighted by molar-refractivity contribution is 0.434. The second-order valence-corrected chi connectivity index (χ2v) is 4.80. The first-order valence-corrected chi connectivity index (χ1v) is 6.55. The molecule has 0 bridgehead atoms. The molecular weight excluding hydrogens is 246 g/mol. The molecule has 2 aromatic rings. The summed E-state index contributed by atoms with van der Waals surface area (Å²) in [7, 11) is 1.93. The van der Waals surface area contributed by atoms with Crippen LogP contribution in [0.25, 0.3) is 0 Å². The molecule has 0 fully saturated rings. The minimum absolute atomic E-state index is 0.0706. The van der Waals surface area contributed by atoms with Crippen LogP contribution in [0.4, 0.5) is 0 Å². The van der Waals surface area contributed by atoms with E-state index in [-0.39, 0.29) is 6.04 Å². The van der Waals surface area contributed by atoms with Gasteiger partial charge in [0, 0.05) is 11.4 Å². The first-order chi connectivity index (χ1) is 8.65. The average Bonchev–Trinajstić information content (AvgIpc) is 2.83. The van der Waals surface area contributed by atoms with E-state index in [1.165, 1.54) is 0 Å². The molecule has 1 heterocycles. The normalized spacial score (nSPS) is 12.7. The quantitative estimate of drug-likeness (QED) is 0.898. The number of nitrogens with one attached hydrogen (secondary N) is 1. The molecule has 0 amide bonds. The maximum Gasteiger partial charge on any atom is 0.125 e. The summed E-state index contributed by atoms with van der Waals surface area (Å²) in [6, 6.07) is 10.2. The van der Waals surface area contributed by atoms with Gasteiger partial charge in [-0.2, -0.15) is 0 Å². The van der Waals surface area contributed by atoms with Crippen molar-refractivity contribution in [3.8, 4) is 0 Å². The topological polar surface area (TPSA) is 25.2 Å². The van der Waals surface area contributed by atoms with Gasteiger partial charge >= 0.3 is 0 Å². The third-order valence-electron chi connectivity index (χ3n) is 3.12. The van der Waals surface area contributed by atoms with Crippen molar-refractivity contribution in [2.24, 2.45) is 0 Å². The van der Waals surface area contributed by atoms with Gasteiger partial charge in [0.15, 0.2) is 0 Å². The van der Waals surface area contributed by atoms with Crippen LogP contribution < -0.4 is 5.32 Å². The van der Waals surface area contributed by atoms with Crippen LogP contribution >= 0.6 is 11.6 Å². The van der Waals surface area contributed by atoms with Gasteiger partial charge in [0.25, 0.3) is 0 Å². The van der Waals surface area contributed by atoms with Gasteiger partial charge < -0.3 is 9.73 Å². The predicted octanol–water partition coefficient (Wildman–Crippen LogP) is 4.11. The van der Waals surface area contributed by atoms with Gasteiger partial charge in [-0.25, -0.2) is 0 Å². The van der Waals surface area contributed by atoms with Crippen LogP contribution in [0, 0.1) is 6.92 Å². The Morgan fingerprint density at radius 3 is 2.61 bits per heavy atom. The van der Waals surface area contributed by atoms with Gasteiger partial charge in [-0.05, 0) is 43.3 Å².